The first kappa shape index (κ1) is 17.0. The molecule has 0 saturated heterocycles. The standard InChI is InChI=1S/C19H19N5O3/c1-13-17(27-12-22-13)18(25)21-9-15-11-23-7-3-5-16(23)19(26)24(15)10-14-4-2-6-20-8-14/h2-8,12,15H,9-11H2,1H3,(H,21,25). The van der Waals surface area contributed by atoms with E-state index in [9.17, 15) is 9.59 Å². The van der Waals surface area contributed by atoms with Crippen LogP contribution in [0, 0.1) is 6.92 Å². The first-order chi connectivity index (χ1) is 13.1. The predicted molar refractivity (Wildman–Crippen MR) is 95.9 cm³/mol. The second kappa shape index (κ2) is 7.06. The van der Waals surface area contributed by atoms with Crippen molar-refractivity contribution in [1.82, 2.24) is 24.8 Å². The average Bonchev–Trinajstić information content (AvgIpc) is 3.32. The van der Waals surface area contributed by atoms with Crippen molar-refractivity contribution in [3.8, 4) is 0 Å². The first-order valence-corrected chi connectivity index (χ1v) is 8.67. The van der Waals surface area contributed by atoms with Crippen molar-refractivity contribution in [2.75, 3.05) is 6.54 Å². The number of rotatable bonds is 5. The van der Waals surface area contributed by atoms with Gasteiger partial charge in [0, 0.05) is 38.2 Å². The number of oxazole rings is 1. The quantitative estimate of drug-likeness (QED) is 0.742. The molecule has 3 aromatic heterocycles. The van der Waals surface area contributed by atoms with Crippen LogP contribution in [0.25, 0.3) is 0 Å². The van der Waals surface area contributed by atoms with Crippen LogP contribution < -0.4 is 5.32 Å². The lowest BCUT2D eigenvalue weighted by atomic mass is 10.1. The zero-order chi connectivity index (χ0) is 18.8. The van der Waals surface area contributed by atoms with Crippen molar-refractivity contribution >= 4 is 11.8 Å². The molecule has 4 heterocycles. The Labute approximate surface area is 155 Å². The summed E-state index contributed by atoms with van der Waals surface area (Å²) in [6, 6.07) is 7.25. The van der Waals surface area contributed by atoms with Gasteiger partial charge in [-0.05, 0) is 30.7 Å². The number of aromatic nitrogens is 3. The number of pyridine rings is 1. The van der Waals surface area contributed by atoms with Crippen LogP contribution in [0.15, 0.2) is 53.7 Å². The van der Waals surface area contributed by atoms with Gasteiger partial charge in [-0.2, -0.15) is 0 Å². The highest BCUT2D eigenvalue weighted by Crippen LogP contribution is 2.20. The Kier molecular flexibility index (Phi) is 4.45. The van der Waals surface area contributed by atoms with Gasteiger partial charge in [0.25, 0.3) is 11.8 Å². The van der Waals surface area contributed by atoms with E-state index in [0.717, 1.165) is 5.56 Å². The van der Waals surface area contributed by atoms with Crippen molar-refractivity contribution in [2.24, 2.45) is 0 Å². The summed E-state index contributed by atoms with van der Waals surface area (Å²) in [7, 11) is 0. The van der Waals surface area contributed by atoms with Gasteiger partial charge in [0.2, 0.25) is 5.76 Å². The number of hydrogen-bond acceptors (Lipinski definition) is 5. The SMILES string of the molecule is Cc1ncoc1C(=O)NCC1Cn2cccc2C(=O)N1Cc1cccnc1. The molecule has 2 amide bonds. The third-order valence-corrected chi connectivity index (χ3v) is 4.68. The molecule has 1 atom stereocenters. The molecular weight excluding hydrogens is 346 g/mol. The van der Waals surface area contributed by atoms with Crippen molar-refractivity contribution < 1.29 is 14.0 Å². The van der Waals surface area contributed by atoms with E-state index < -0.39 is 0 Å². The second-order valence-corrected chi connectivity index (χ2v) is 6.47. The molecule has 0 aromatic carbocycles. The topological polar surface area (TPSA) is 93.3 Å². The van der Waals surface area contributed by atoms with Gasteiger partial charge in [-0.25, -0.2) is 4.98 Å². The molecule has 0 bridgehead atoms. The summed E-state index contributed by atoms with van der Waals surface area (Å²) >= 11 is 0. The summed E-state index contributed by atoms with van der Waals surface area (Å²) in [5, 5.41) is 2.86. The van der Waals surface area contributed by atoms with Crippen molar-refractivity contribution in [3.63, 3.8) is 0 Å². The number of nitrogens with zero attached hydrogens (tertiary/aromatic N) is 4. The summed E-state index contributed by atoms with van der Waals surface area (Å²) < 4.78 is 7.05. The Morgan fingerprint density at radius 3 is 3.00 bits per heavy atom. The minimum Gasteiger partial charge on any atom is -0.438 e. The average molecular weight is 365 g/mol. The molecule has 0 fully saturated rings. The van der Waals surface area contributed by atoms with E-state index >= 15 is 0 Å². The molecule has 1 aliphatic heterocycles. The van der Waals surface area contributed by atoms with Gasteiger partial charge in [0.1, 0.15) is 5.69 Å². The van der Waals surface area contributed by atoms with Gasteiger partial charge < -0.3 is 19.2 Å². The highest BCUT2D eigenvalue weighted by atomic mass is 16.3. The third kappa shape index (κ3) is 3.33. The second-order valence-electron chi connectivity index (χ2n) is 6.47. The van der Waals surface area contributed by atoms with Crippen LogP contribution in [-0.2, 0) is 13.1 Å². The molecule has 1 aliphatic rings. The maximum Gasteiger partial charge on any atom is 0.289 e. The molecule has 0 radical (unpaired) electrons. The number of amides is 2. The van der Waals surface area contributed by atoms with Crippen LogP contribution in [-0.4, -0.2) is 43.8 Å². The van der Waals surface area contributed by atoms with E-state index in [1.165, 1.54) is 6.39 Å². The van der Waals surface area contributed by atoms with Gasteiger partial charge in [-0.1, -0.05) is 6.07 Å². The molecule has 8 nitrogen and oxygen atoms in total. The number of fused-ring (bicyclic) bond motifs is 1. The minimum atomic E-state index is -0.336. The molecule has 3 aromatic rings. The maximum atomic E-state index is 13.0. The normalized spacial score (nSPS) is 16.3. The zero-order valence-corrected chi connectivity index (χ0v) is 14.8. The molecule has 1 unspecified atom stereocenters. The fourth-order valence-corrected chi connectivity index (χ4v) is 3.28. The Morgan fingerprint density at radius 1 is 1.37 bits per heavy atom. The summed E-state index contributed by atoms with van der Waals surface area (Å²) in [6.07, 6.45) is 6.57. The smallest absolute Gasteiger partial charge is 0.289 e. The Balaban J connectivity index is 1.54. The lowest BCUT2D eigenvalue weighted by Gasteiger charge is -2.36. The number of carbonyl (C=O) groups is 2. The van der Waals surface area contributed by atoms with Gasteiger partial charge in [0.05, 0.1) is 11.7 Å². The Morgan fingerprint density at radius 2 is 2.26 bits per heavy atom. The van der Waals surface area contributed by atoms with Gasteiger partial charge in [0.15, 0.2) is 6.39 Å². The van der Waals surface area contributed by atoms with Crippen molar-refractivity contribution in [1.29, 1.82) is 0 Å². The van der Waals surface area contributed by atoms with E-state index in [0.29, 0.717) is 31.0 Å². The lowest BCUT2D eigenvalue weighted by molar-refractivity contribution is 0.0561. The van der Waals surface area contributed by atoms with Crippen LogP contribution >= 0.6 is 0 Å². The Bertz CT molecular complexity index is 963. The number of hydrogen-bond donors (Lipinski definition) is 1. The van der Waals surface area contributed by atoms with Gasteiger partial charge >= 0.3 is 0 Å². The molecule has 0 aliphatic carbocycles. The minimum absolute atomic E-state index is 0.0646. The molecule has 0 spiro atoms. The summed E-state index contributed by atoms with van der Waals surface area (Å²) in [5.74, 6) is -0.208. The first-order valence-electron chi connectivity index (χ1n) is 8.67. The summed E-state index contributed by atoms with van der Waals surface area (Å²) in [4.78, 5) is 35.1. The molecule has 27 heavy (non-hydrogen) atoms. The van der Waals surface area contributed by atoms with E-state index in [1.54, 1.807) is 24.2 Å². The summed E-state index contributed by atoms with van der Waals surface area (Å²) in [6.45, 7) is 3.05. The number of carbonyl (C=O) groups excluding carboxylic acids is 2. The molecular formula is C19H19N5O3. The van der Waals surface area contributed by atoms with E-state index in [2.05, 4.69) is 15.3 Å². The van der Waals surface area contributed by atoms with Gasteiger partial charge in [-0.15, -0.1) is 0 Å². The Hall–Kier alpha value is -3.42. The van der Waals surface area contributed by atoms with E-state index in [4.69, 9.17) is 4.42 Å². The zero-order valence-electron chi connectivity index (χ0n) is 14.8. The lowest BCUT2D eigenvalue weighted by Crippen LogP contribution is -2.52. The number of nitrogens with one attached hydrogen (secondary N) is 1. The van der Waals surface area contributed by atoms with Crippen molar-refractivity contribution in [3.05, 3.63) is 72.0 Å². The molecule has 4 rings (SSSR count). The van der Waals surface area contributed by atoms with Crippen LogP contribution in [0.5, 0.6) is 0 Å². The molecule has 138 valence electrons. The maximum absolute atomic E-state index is 13.0. The van der Waals surface area contributed by atoms with Gasteiger partial charge in [-0.3, -0.25) is 14.6 Å². The van der Waals surface area contributed by atoms with Crippen LogP contribution in [0.4, 0.5) is 0 Å². The molecule has 8 heteroatoms. The fourth-order valence-electron chi connectivity index (χ4n) is 3.28. The predicted octanol–water partition coefficient (Wildman–Crippen LogP) is 1.63. The monoisotopic (exact) mass is 365 g/mol. The van der Waals surface area contributed by atoms with Crippen molar-refractivity contribution in [2.45, 2.75) is 26.1 Å². The molecule has 1 N–H and O–H groups in total. The van der Waals surface area contributed by atoms with Crippen LogP contribution in [0.2, 0.25) is 0 Å². The molecule has 0 saturated carbocycles. The largest absolute Gasteiger partial charge is 0.438 e. The summed E-state index contributed by atoms with van der Waals surface area (Å²) in [5.41, 5.74) is 2.12. The highest BCUT2D eigenvalue weighted by molar-refractivity contribution is 5.94. The van der Waals surface area contributed by atoms with E-state index in [-0.39, 0.29) is 23.6 Å². The fraction of sp³-hybridized carbons (Fsp3) is 0.263. The third-order valence-electron chi connectivity index (χ3n) is 4.68. The van der Waals surface area contributed by atoms with Crippen LogP contribution in [0.3, 0.4) is 0 Å². The van der Waals surface area contributed by atoms with E-state index in [1.807, 2.05) is 35.0 Å². The highest BCUT2D eigenvalue weighted by Gasteiger charge is 2.32. The number of aryl methyl sites for hydroxylation is 1. The van der Waals surface area contributed by atoms with Crippen LogP contribution in [0.1, 0.15) is 32.3 Å².